The highest BCUT2D eigenvalue weighted by molar-refractivity contribution is 7.88. The number of halogens is 1. The first-order valence-electron chi connectivity index (χ1n) is 9.50. The molecule has 0 aliphatic carbocycles. The number of hydrogen-bond donors (Lipinski definition) is 0. The van der Waals surface area contributed by atoms with E-state index in [-0.39, 0.29) is 17.3 Å². The van der Waals surface area contributed by atoms with Crippen molar-refractivity contribution in [3.05, 3.63) is 63.8 Å². The summed E-state index contributed by atoms with van der Waals surface area (Å²) in [6.07, 6.45) is 4.54. The van der Waals surface area contributed by atoms with Crippen molar-refractivity contribution in [2.24, 2.45) is 0 Å². The van der Waals surface area contributed by atoms with Gasteiger partial charge < -0.3 is 4.90 Å². The van der Waals surface area contributed by atoms with Crippen LogP contribution in [0.3, 0.4) is 0 Å². The van der Waals surface area contributed by atoms with Gasteiger partial charge in [-0.25, -0.2) is 12.8 Å². The molecule has 1 saturated heterocycles. The van der Waals surface area contributed by atoms with Gasteiger partial charge in [0, 0.05) is 37.6 Å². The average molecular weight is 419 g/mol. The fourth-order valence-electron chi connectivity index (χ4n) is 4.12. The predicted molar refractivity (Wildman–Crippen MR) is 106 cm³/mol. The Labute approximate surface area is 168 Å². The van der Waals surface area contributed by atoms with Gasteiger partial charge in [0.05, 0.1) is 6.26 Å². The van der Waals surface area contributed by atoms with Crippen molar-refractivity contribution in [1.82, 2.24) is 13.8 Å². The molecule has 1 atom stereocenters. The highest BCUT2D eigenvalue weighted by atomic mass is 32.2. The van der Waals surface area contributed by atoms with Crippen molar-refractivity contribution in [3.8, 4) is 5.69 Å². The molecule has 29 heavy (non-hydrogen) atoms. The van der Waals surface area contributed by atoms with Crippen LogP contribution in [0, 0.1) is 5.82 Å². The standard InChI is InChI=1S/C20H22FN3O4S/c1-29(27,28)24-9-2-3-18(24)20(26)22-10-8-14-11-19(25)23(13-15(14)12-22)17-6-4-16(21)5-7-17/h4-7,11,13,18H,2-3,8-10,12H2,1H3/t18-/m0/s1. The lowest BCUT2D eigenvalue weighted by molar-refractivity contribution is -0.135. The van der Waals surface area contributed by atoms with Gasteiger partial charge in [-0.05, 0) is 54.7 Å². The van der Waals surface area contributed by atoms with E-state index in [1.807, 2.05) is 0 Å². The van der Waals surface area contributed by atoms with E-state index in [4.69, 9.17) is 0 Å². The first-order valence-corrected chi connectivity index (χ1v) is 11.3. The number of nitrogens with zero attached hydrogens (tertiary/aromatic N) is 3. The number of benzene rings is 1. The van der Waals surface area contributed by atoms with E-state index in [9.17, 15) is 22.4 Å². The van der Waals surface area contributed by atoms with Gasteiger partial charge >= 0.3 is 0 Å². The summed E-state index contributed by atoms with van der Waals surface area (Å²) in [5.41, 5.74) is 2.04. The summed E-state index contributed by atoms with van der Waals surface area (Å²) in [5.74, 6) is -0.582. The number of amides is 1. The Balaban J connectivity index is 1.61. The molecule has 0 radical (unpaired) electrons. The van der Waals surface area contributed by atoms with Gasteiger partial charge in [0.15, 0.2) is 0 Å². The van der Waals surface area contributed by atoms with E-state index in [2.05, 4.69) is 0 Å². The summed E-state index contributed by atoms with van der Waals surface area (Å²) >= 11 is 0. The van der Waals surface area contributed by atoms with Crippen LogP contribution < -0.4 is 5.56 Å². The maximum atomic E-state index is 13.2. The minimum Gasteiger partial charge on any atom is -0.337 e. The molecular formula is C20H22FN3O4S. The van der Waals surface area contributed by atoms with Gasteiger partial charge in [-0.15, -0.1) is 0 Å². The molecular weight excluding hydrogens is 397 g/mol. The van der Waals surface area contributed by atoms with E-state index in [0.29, 0.717) is 44.6 Å². The summed E-state index contributed by atoms with van der Waals surface area (Å²) < 4.78 is 39.9. The van der Waals surface area contributed by atoms with Gasteiger partial charge in [-0.2, -0.15) is 4.31 Å². The van der Waals surface area contributed by atoms with Gasteiger partial charge in [-0.1, -0.05) is 0 Å². The average Bonchev–Trinajstić information content (AvgIpc) is 3.18. The van der Waals surface area contributed by atoms with Crippen LogP contribution in [0.1, 0.15) is 24.0 Å². The molecule has 9 heteroatoms. The van der Waals surface area contributed by atoms with Crippen LogP contribution in [0.25, 0.3) is 5.69 Å². The number of carbonyl (C=O) groups is 1. The Morgan fingerprint density at radius 2 is 1.86 bits per heavy atom. The summed E-state index contributed by atoms with van der Waals surface area (Å²) in [6, 6.07) is 6.52. The van der Waals surface area contributed by atoms with Gasteiger partial charge in [-0.3, -0.25) is 14.2 Å². The molecule has 0 spiro atoms. The van der Waals surface area contributed by atoms with Crippen LogP contribution in [0.15, 0.2) is 41.3 Å². The molecule has 1 aromatic carbocycles. The lowest BCUT2D eigenvalue weighted by atomic mass is 10.0. The quantitative estimate of drug-likeness (QED) is 0.751. The van der Waals surface area contributed by atoms with Crippen LogP contribution in [-0.2, 0) is 27.8 Å². The lowest BCUT2D eigenvalue weighted by Crippen LogP contribution is -2.49. The van der Waals surface area contributed by atoms with Crippen LogP contribution >= 0.6 is 0 Å². The molecule has 3 heterocycles. The smallest absolute Gasteiger partial charge is 0.255 e. The summed E-state index contributed by atoms with van der Waals surface area (Å²) in [6.45, 7) is 1.12. The third-order valence-corrected chi connectivity index (χ3v) is 6.87. The molecule has 7 nitrogen and oxygen atoms in total. The van der Waals surface area contributed by atoms with E-state index < -0.39 is 16.1 Å². The van der Waals surface area contributed by atoms with Gasteiger partial charge in [0.2, 0.25) is 15.9 Å². The third kappa shape index (κ3) is 3.84. The highest BCUT2D eigenvalue weighted by Gasteiger charge is 2.39. The fraction of sp³-hybridized carbons (Fsp3) is 0.400. The molecule has 2 aliphatic heterocycles. The van der Waals surface area contributed by atoms with E-state index in [1.165, 1.54) is 33.1 Å². The third-order valence-electron chi connectivity index (χ3n) is 5.58. The predicted octanol–water partition coefficient (Wildman–Crippen LogP) is 1.29. The molecule has 0 bridgehead atoms. The Kier molecular flexibility index (Phi) is 5.04. The molecule has 0 N–H and O–H groups in total. The second-order valence-electron chi connectivity index (χ2n) is 7.55. The Morgan fingerprint density at radius 1 is 1.14 bits per heavy atom. The summed E-state index contributed by atoms with van der Waals surface area (Å²) in [5, 5.41) is 0. The number of pyridine rings is 1. The first kappa shape index (κ1) is 19.8. The van der Waals surface area contributed by atoms with Crippen LogP contribution in [-0.4, -0.2) is 53.5 Å². The van der Waals surface area contributed by atoms with Crippen LogP contribution in [0.4, 0.5) is 4.39 Å². The van der Waals surface area contributed by atoms with Crippen molar-refractivity contribution < 1.29 is 17.6 Å². The van der Waals surface area contributed by atoms with Crippen molar-refractivity contribution in [2.75, 3.05) is 19.3 Å². The maximum Gasteiger partial charge on any atom is 0.255 e. The molecule has 1 fully saturated rings. The van der Waals surface area contributed by atoms with E-state index in [1.54, 1.807) is 17.2 Å². The Hall–Kier alpha value is -2.52. The first-order chi connectivity index (χ1) is 13.7. The SMILES string of the molecule is CS(=O)(=O)N1CCC[C@H]1C(=O)N1CCc2cc(=O)n(-c3ccc(F)cc3)cc2C1. The van der Waals surface area contributed by atoms with Gasteiger partial charge in [0.1, 0.15) is 11.9 Å². The monoisotopic (exact) mass is 419 g/mol. The van der Waals surface area contributed by atoms with E-state index >= 15 is 0 Å². The highest BCUT2D eigenvalue weighted by Crippen LogP contribution is 2.25. The zero-order valence-corrected chi connectivity index (χ0v) is 16.9. The fourth-order valence-corrected chi connectivity index (χ4v) is 5.23. The summed E-state index contributed by atoms with van der Waals surface area (Å²) in [4.78, 5) is 27.2. The topological polar surface area (TPSA) is 79.7 Å². The molecule has 2 aliphatic rings. The molecule has 0 unspecified atom stereocenters. The Morgan fingerprint density at radius 3 is 2.55 bits per heavy atom. The maximum absolute atomic E-state index is 13.2. The molecule has 4 rings (SSSR count). The van der Waals surface area contributed by atoms with Crippen LogP contribution in [0.5, 0.6) is 0 Å². The van der Waals surface area contributed by atoms with Crippen LogP contribution in [0.2, 0.25) is 0 Å². The Bertz CT molecular complexity index is 1110. The molecule has 1 aromatic heterocycles. The van der Waals surface area contributed by atoms with Crippen molar-refractivity contribution in [1.29, 1.82) is 0 Å². The number of sulfonamides is 1. The molecule has 2 aromatic rings. The number of fused-ring (bicyclic) bond motifs is 1. The minimum atomic E-state index is -3.44. The molecule has 1 amide bonds. The second kappa shape index (κ2) is 7.38. The van der Waals surface area contributed by atoms with Crippen molar-refractivity contribution in [2.45, 2.75) is 31.8 Å². The number of rotatable bonds is 3. The van der Waals surface area contributed by atoms with Crippen molar-refractivity contribution >= 4 is 15.9 Å². The summed E-state index contributed by atoms with van der Waals surface area (Å²) in [7, 11) is -3.44. The second-order valence-corrected chi connectivity index (χ2v) is 9.49. The number of hydrogen-bond acceptors (Lipinski definition) is 4. The molecule has 154 valence electrons. The largest absolute Gasteiger partial charge is 0.337 e. The van der Waals surface area contributed by atoms with Crippen molar-refractivity contribution in [3.63, 3.8) is 0 Å². The van der Waals surface area contributed by atoms with E-state index in [0.717, 1.165) is 17.4 Å². The minimum absolute atomic E-state index is 0.196. The number of aromatic nitrogens is 1. The molecule has 0 saturated carbocycles. The van der Waals surface area contributed by atoms with Gasteiger partial charge in [0.25, 0.3) is 5.56 Å². The number of carbonyl (C=O) groups excluding carboxylic acids is 1. The normalized spacial score (nSPS) is 19.9. The lowest BCUT2D eigenvalue weighted by Gasteiger charge is -2.33. The zero-order valence-electron chi connectivity index (χ0n) is 16.0. The zero-order chi connectivity index (χ0) is 20.8.